The van der Waals surface area contributed by atoms with Gasteiger partial charge in [-0.25, -0.2) is 8.42 Å². The zero-order valence-corrected chi connectivity index (χ0v) is 22.4. The van der Waals surface area contributed by atoms with Crippen LogP contribution in [0, 0.1) is 25.7 Å². The molecule has 0 spiro atoms. The number of nitrogens with one attached hydrogen (secondary N) is 1. The molecule has 1 fully saturated rings. The van der Waals surface area contributed by atoms with E-state index >= 15 is 0 Å². The van der Waals surface area contributed by atoms with Crippen molar-refractivity contribution < 1.29 is 8.42 Å². The van der Waals surface area contributed by atoms with Gasteiger partial charge in [-0.3, -0.25) is 4.98 Å². The van der Waals surface area contributed by atoms with Crippen LogP contribution in [0.4, 0.5) is 11.4 Å². The highest BCUT2D eigenvalue weighted by Crippen LogP contribution is 2.35. The van der Waals surface area contributed by atoms with Crippen LogP contribution in [0.15, 0.2) is 54.7 Å². The van der Waals surface area contributed by atoms with Crippen molar-refractivity contribution in [2.75, 3.05) is 16.8 Å². The molecule has 3 aromatic rings. The third-order valence-electron chi connectivity index (χ3n) is 8.18. The van der Waals surface area contributed by atoms with Crippen LogP contribution in [0.5, 0.6) is 0 Å². The molecule has 190 valence electrons. The minimum Gasteiger partial charge on any atom is -0.355 e. The fraction of sp³-hybridized carbons (Fsp3) is 0.452. The molecule has 2 heterocycles. The molecule has 0 radical (unpaired) electrons. The standard InChI is InChI=1S/C31H38N2O2S/c1-22-9-14-30(32-21-22)29-20-27(13-10-23(29)2)33-31-8-4-6-26-19-25(5-3-7-28(26)31)12-11-24-15-17-36(34,35)18-16-24/h4,6,8-10,13-14,20-21,24-25,33H,3,5,7,11-12,15-19H2,1-2H3. The minimum atomic E-state index is -2.77. The van der Waals surface area contributed by atoms with E-state index in [4.69, 9.17) is 0 Å². The summed E-state index contributed by atoms with van der Waals surface area (Å²) >= 11 is 0. The first-order valence-corrected chi connectivity index (χ1v) is 15.3. The summed E-state index contributed by atoms with van der Waals surface area (Å²) in [6.45, 7) is 4.21. The Bertz CT molecular complexity index is 1300. The fourth-order valence-electron chi connectivity index (χ4n) is 5.92. The van der Waals surface area contributed by atoms with E-state index in [9.17, 15) is 8.42 Å². The van der Waals surface area contributed by atoms with Gasteiger partial charge in [0.2, 0.25) is 0 Å². The summed E-state index contributed by atoms with van der Waals surface area (Å²) < 4.78 is 23.5. The summed E-state index contributed by atoms with van der Waals surface area (Å²) in [4.78, 5) is 4.65. The van der Waals surface area contributed by atoms with Crippen LogP contribution in [0.2, 0.25) is 0 Å². The summed E-state index contributed by atoms with van der Waals surface area (Å²) in [5.74, 6) is 2.06. The molecule has 36 heavy (non-hydrogen) atoms. The molecule has 4 nitrogen and oxygen atoms in total. The van der Waals surface area contributed by atoms with Gasteiger partial charge in [0, 0.05) is 23.1 Å². The van der Waals surface area contributed by atoms with Crippen molar-refractivity contribution in [3.63, 3.8) is 0 Å². The van der Waals surface area contributed by atoms with Gasteiger partial charge < -0.3 is 5.32 Å². The number of anilines is 2. The van der Waals surface area contributed by atoms with Gasteiger partial charge in [-0.2, -0.15) is 0 Å². The third kappa shape index (κ3) is 6.00. The van der Waals surface area contributed by atoms with Crippen molar-refractivity contribution in [2.45, 2.75) is 65.2 Å². The number of aryl methyl sites for hydroxylation is 2. The Morgan fingerprint density at radius 1 is 0.944 bits per heavy atom. The molecular formula is C31H38N2O2S. The van der Waals surface area contributed by atoms with Crippen LogP contribution in [0.3, 0.4) is 0 Å². The Morgan fingerprint density at radius 3 is 2.53 bits per heavy atom. The zero-order chi connectivity index (χ0) is 25.1. The van der Waals surface area contributed by atoms with E-state index in [0.29, 0.717) is 23.3 Å². The smallest absolute Gasteiger partial charge is 0.150 e. The molecule has 5 heteroatoms. The van der Waals surface area contributed by atoms with Gasteiger partial charge in [0.15, 0.2) is 0 Å². The zero-order valence-electron chi connectivity index (χ0n) is 21.6. The molecule has 1 unspecified atom stereocenters. The quantitative estimate of drug-likeness (QED) is 0.362. The van der Waals surface area contributed by atoms with E-state index in [-0.39, 0.29) is 0 Å². The van der Waals surface area contributed by atoms with Crippen molar-refractivity contribution in [3.8, 4) is 11.3 Å². The maximum absolute atomic E-state index is 11.8. The number of benzene rings is 2. The SMILES string of the molecule is Cc1ccc(-c2cc(Nc3cccc4c3CCCC(CCC3CCS(=O)(=O)CC3)C4)ccc2C)nc1. The second kappa shape index (κ2) is 10.8. The molecule has 0 amide bonds. The first-order valence-electron chi connectivity index (χ1n) is 13.5. The molecular weight excluding hydrogens is 464 g/mol. The lowest BCUT2D eigenvalue weighted by Crippen LogP contribution is -2.23. The van der Waals surface area contributed by atoms with Crippen LogP contribution in [-0.2, 0) is 22.7 Å². The molecule has 0 bridgehead atoms. The van der Waals surface area contributed by atoms with E-state index in [1.807, 2.05) is 6.20 Å². The van der Waals surface area contributed by atoms with Crippen molar-refractivity contribution in [3.05, 3.63) is 77.0 Å². The Kier molecular flexibility index (Phi) is 7.47. The summed E-state index contributed by atoms with van der Waals surface area (Å²) in [6, 6.07) is 17.5. The van der Waals surface area contributed by atoms with Crippen LogP contribution in [-0.4, -0.2) is 24.9 Å². The number of fused-ring (bicyclic) bond motifs is 1. The third-order valence-corrected chi connectivity index (χ3v) is 9.90. The molecule has 1 atom stereocenters. The summed E-state index contributed by atoms with van der Waals surface area (Å²) in [7, 11) is -2.77. The molecule has 1 aliphatic heterocycles. The number of nitrogens with zero attached hydrogens (tertiary/aromatic N) is 1. The second-order valence-corrected chi connectivity index (χ2v) is 13.3. The Labute approximate surface area is 216 Å². The molecule has 5 rings (SSSR count). The van der Waals surface area contributed by atoms with Gasteiger partial charge in [0.25, 0.3) is 0 Å². The molecule has 0 saturated carbocycles. The molecule has 1 N–H and O–H groups in total. The van der Waals surface area contributed by atoms with E-state index in [1.165, 1.54) is 53.6 Å². The number of rotatable bonds is 6. The molecule has 2 aromatic carbocycles. The van der Waals surface area contributed by atoms with Gasteiger partial charge in [-0.1, -0.05) is 30.7 Å². The maximum Gasteiger partial charge on any atom is 0.150 e. The first-order chi connectivity index (χ1) is 17.4. The van der Waals surface area contributed by atoms with Crippen LogP contribution in [0.1, 0.15) is 60.8 Å². The summed E-state index contributed by atoms with van der Waals surface area (Å²) in [5.41, 5.74) is 9.81. The lowest BCUT2D eigenvalue weighted by molar-refractivity contribution is 0.354. The molecule has 1 aromatic heterocycles. The highest BCUT2D eigenvalue weighted by Gasteiger charge is 2.25. The highest BCUT2D eigenvalue weighted by molar-refractivity contribution is 7.91. The number of pyridine rings is 1. The van der Waals surface area contributed by atoms with Crippen molar-refractivity contribution in [2.24, 2.45) is 11.8 Å². The summed E-state index contributed by atoms with van der Waals surface area (Å²) in [5, 5.41) is 3.73. The van der Waals surface area contributed by atoms with Gasteiger partial charge in [-0.15, -0.1) is 0 Å². The van der Waals surface area contributed by atoms with Crippen molar-refractivity contribution in [1.82, 2.24) is 4.98 Å². The van der Waals surface area contributed by atoms with Gasteiger partial charge in [0.1, 0.15) is 9.84 Å². The van der Waals surface area contributed by atoms with E-state index < -0.39 is 9.84 Å². The van der Waals surface area contributed by atoms with E-state index in [1.54, 1.807) is 0 Å². The Balaban J connectivity index is 1.28. The predicted octanol–water partition coefficient (Wildman–Crippen LogP) is 7.21. The van der Waals surface area contributed by atoms with Gasteiger partial charge in [-0.05, 0) is 117 Å². The lowest BCUT2D eigenvalue weighted by Gasteiger charge is -2.24. The topological polar surface area (TPSA) is 59.1 Å². The molecule has 2 aliphatic rings. The van der Waals surface area contributed by atoms with Crippen molar-refractivity contribution >= 4 is 21.2 Å². The number of aromatic nitrogens is 1. The summed E-state index contributed by atoms with van der Waals surface area (Å²) in [6.07, 6.45) is 10.7. The lowest BCUT2D eigenvalue weighted by atomic mass is 9.87. The normalized spacial score (nSPS) is 19.9. The van der Waals surface area contributed by atoms with E-state index in [2.05, 4.69) is 72.7 Å². The second-order valence-electron chi connectivity index (χ2n) is 11.0. The average Bonchev–Trinajstić information content (AvgIpc) is 3.08. The first kappa shape index (κ1) is 25.0. The van der Waals surface area contributed by atoms with Crippen LogP contribution >= 0.6 is 0 Å². The number of sulfone groups is 1. The minimum absolute atomic E-state index is 0.390. The Morgan fingerprint density at radius 2 is 1.75 bits per heavy atom. The average molecular weight is 503 g/mol. The van der Waals surface area contributed by atoms with E-state index in [0.717, 1.165) is 42.6 Å². The predicted molar refractivity (Wildman–Crippen MR) is 150 cm³/mol. The number of hydrogen-bond acceptors (Lipinski definition) is 4. The van der Waals surface area contributed by atoms with Crippen LogP contribution in [0.25, 0.3) is 11.3 Å². The number of hydrogen-bond donors (Lipinski definition) is 1. The largest absolute Gasteiger partial charge is 0.355 e. The Hall–Kier alpha value is -2.66. The fourth-order valence-corrected chi connectivity index (χ4v) is 7.51. The monoisotopic (exact) mass is 502 g/mol. The maximum atomic E-state index is 11.8. The highest BCUT2D eigenvalue weighted by atomic mass is 32.2. The molecule has 1 aliphatic carbocycles. The van der Waals surface area contributed by atoms with Crippen LogP contribution < -0.4 is 5.32 Å². The van der Waals surface area contributed by atoms with Gasteiger partial charge in [0.05, 0.1) is 17.2 Å². The van der Waals surface area contributed by atoms with Gasteiger partial charge >= 0.3 is 0 Å². The van der Waals surface area contributed by atoms with Crippen molar-refractivity contribution in [1.29, 1.82) is 0 Å². The molecule has 1 saturated heterocycles.